The van der Waals surface area contributed by atoms with E-state index in [1.54, 1.807) is 16.4 Å². The van der Waals surface area contributed by atoms with Crippen molar-refractivity contribution in [1.29, 1.82) is 0 Å². The van der Waals surface area contributed by atoms with E-state index in [0.717, 1.165) is 17.7 Å². The Labute approximate surface area is 271 Å². The van der Waals surface area contributed by atoms with Crippen LogP contribution in [0.3, 0.4) is 0 Å². The van der Waals surface area contributed by atoms with Crippen LogP contribution < -0.4 is 10.9 Å². The zero-order valence-corrected chi connectivity index (χ0v) is 25.9. The lowest BCUT2D eigenvalue weighted by molar-refractivity contribution is -0.137. The average Bonchev–Trinajstić information content (AvgIpc) is 3.68. The highest BCUT2D eigenvalue weighted by Crippen LogP contribution is 2.45. The highest BCUT2D eigenvalue weighted by Gasteiger charge is 2.46. The van der Waals surface area contributed by atoms with Crippen LogP contribution in [-0.2, 0) is 34.1 Å². The Morgan fingerprint density at radius 2 is 1.83 bits per heavy atom. The largest absolute Gasteiger partial charge is 0.504 e. The molecule has 4 aromatic rings. The van der Waals surface area contributed by atoms with E-state index in [-0.39, 0.29) is 35.0 Å². The molecule has 1 fully saturated rings. The van der Waals surface area contributed by atoms with Crippen molar-refractivity contribution in [3.63, 3.8) is 0 Å². The number of rotatable bonds is 5. The van der Waals surface area contributed by atoms with Crippen LogP contribution in [0.25, 0.3) is 11.4 Å². The van der Waals surface area contributed by atoms with Gasteiger partial charge in [-0.2, -0.15) is 22.7 Å². The second kappa shape index (κ2) is 11.8. The summed E-state index contributed by atoms with van der Waals surface area (Å²) in [5, 5.41) is 17.6. The zero-order chi connectivity index (χ0) is 33.8. The third kappa shape index (κ3) is 5.48. The maximum atomic E-state index is 14.2. The molecule has 0 unspecified atom stereocenters. The summed E-state index contributed by atoms with van der Waals surface area (Å²) < 4.78 is 47.5. The van der Waals surface area contributed by atoms with E-state index < -0.39 is 29.0 Å². The van der Waals surface area contributed by atoms with Gasteiger partial charge in [0.15, 0.2) is 17.3 Å². The number of benzene rings is 1. The first-order valence-electron chi connectivity index (χ1n) is 15.5. The van der Waals surface area contributed by atoms with Crippen molar-refractivity contribution in [2.45, 2.75) is 57.2 Å². The fraction of sp³-hybridized carbons (Fsp3) is 0.406. The Kier molecular flexibility index (Phi) is 7.77. The van der Waals surface area contributed by atoms with Crippen molar-refractivity contribution in [3.8, 4) is 5.75 Å². The van der Waals surface area contributed by atoms with E-state index in [9.17, 15) is 32.7 Å². The van der Waals surface area contributed by atoms with Crippen molar-refractivity contribution in [1.82, 2.24) is 34.0 Å². The SMILES string of the molecule is Cc1ncnc(C(=O)N2CCC3(CCc4c3c(=O)n3nc(C5=CCOCC5)nc3n4CC(=O)Nc3ccc(C(F)(F)F)cc3)CC2)c1O. The van der Waals surface area contributed by atoms with Gasteiger partial charge < -0.3 is 24.6 Å². The van der Waals surface area contributed by atoms with Crippen LogP contribution in [0.15, 0.2) is 41.5 Å². The number of amides is 2. The lowest BCUT2D eigenvalue weighted by Crippen LogP contribution is -2.46. The van der Waals surface area contributed by atoms with Gasteiger partial charge in [-0.15, -0.1) is 5.10 Å². The second-order valence-corrected chi connectivity index (χ2v) is 12.3. The minimum Gasteiger partial charge on any atom is -0.504 e. The standard InChI is InChI=1S/C32H31F3N8O5/c1-18-26(45)25(37-17-36-18)29(47)41-12-10-31(11-13-41)9-6-22-24(31)28(46)43-30(39-27(40-43)19-7-14-48-15-8-19)42(22)16-23(44)38-21-4-2-20(3-5-21)32(33,34)35/h2-5,7,17,45H,6,8-16H2,1H3,(H,38,44). The summed E-state index contributed by atoms with van der Waals surface area (Å²) >= 11 is 0. The molecule has 0 radical (unpaired) electrons. The molecule has 3 aliphatic rings. The van der Waals surface area contributed by atoms with Crippen LogP contribution in [0.1, 0.15) is 64.5 Å². The fourth-order valence-electron chi connectivity index (χ4n) is 6.91. The number of hydrogen-bond donors (Lipinski definition) is 2. The molecule has 1 aromatic carbocycles. The molecule has 0 atom stereocenters. The number of halogens is 3. The van der Waals surface area contributed by atoms with Crippen molar-refractivity contribution in [2.24, 2.45) is 0 Å². The monoisotopic (exact) mass is 664 g/mol. The highest BCUT2D eigenvalue weighted by molar-refractivity contribution is 5.95. The van der Waals surface area contributed by atoms with Gasteiger partial charge in [-0.25, -0.2) is 9.97 Å². The number of nitrogens with one attached hydrogen (secondary N) is 1. The molecule has 0 bridgehead atoms. The Morgan fingerprint density at radius 3 is 2.52 bits per heavy atom. The maximum Gasteiger partial charge on any atom is 0.416 e. The van der Waals surface area contributed by atoms with E-state index >= 15 is 0 Å². The molecule has 13 nitrogen and oxygen atoms in total. The first-order valence-corrected chi connectivity index (χ1v) is 15.5. The van der Waals surface area contributed by atoms with Crippen molar-refractivity contribution < 1.29 is 32.6 Å². The van der Waals surface area contributed by atoms with E-state index in [1.165, 1.54) is 23.0 Å². The number of fused-ring (bicyclic) bond motifs is 3. The van der Waals surface area contributed by atoms with Gasteiger partial charge in [0.2, 0.25) is 11.7 Å². The lowest BCUT2D eigenvalue weighted by atomic mass is 9.74. The number of aromatic hydroxyl groups is 1. The van der Waals surface area contributed by atoms with E-state index in [2.05, 4.69) is 25.4 Å². The number of ether oxygens (including phenoxy) is 1. The first kappa shape index (κ1) is 31.5. The van der Waals surface area contributed by atoms with E-state index in [1.807, 2.05) is 6.08 Å². The van der Waals surface area contributed by atoms with Gasteiger partial charge in [0.25, 0.3) is 11.5 Å². The number of anilines is 1. The van der Waals surface area contributed by atoms with Gasteiger partial charge >= 0.3 is 6.18 Å². The summed E-state index contributed by atoms with van der Waals surface area (Å²) in [7, 11) is 0. The number of carbonyl (C=O) groups excluding carboxylic acids is 2. The summed E-state index contributed by atoms with van der Waals surface area (Å²) in [5.74, 6) is -0.674. The predicted octanol–water partition coefficient (Wildman–Crippen LogP) is 3.28. The molecule has 0 saturated carbocycles. The van der Waals surface area contributed by atoms with E-state index in [0.29, 0.717) is 81.2 Å². The second-order valence-electron chi connectivity index (χ2n) is 12.3. The lowest BCUT2D eigenvalue weighted by Gasteiger charge is -2.39. The van der Waals surface area contributed by atoms with Crippen LogP contribution in [0.2, 0.25) is 0 Å². The molecule has 1 aliphatic carbocycles. The molecule has 2 amide bonds. The predicted molar refractivity (Wildman–Crippen MR) is 164 cm³/mol. The summed E-state index contributed by atoms with van der Waals surface area (Å²) in [6.45, 7) is 2.79. The Balaban J connectivity index is 1.22. The Bertz CT molecular complexity index is 2030. The number of likely N-dealkylation sites (tertiary alicyclic amines) is 1. The molecule has 250 valence electrons. The van der Waals surface area contributed by atoms with Crippen LogP contribution in [0.5, 0.6) is 5.75 Å². The number of aromatic nitrogens is 6. The van der Waals surface area contributed by atoms with E-state index in [4.69, 9.17) is 4.74 Å². The normalized spacial score (nSPS) is 17.4. The fourth-order valence-corrected chi connectivity index (χ4v) is 6.91. The quantitative estimate of drug-likeness (QED) is 0.327. The molecular formula is C32H31F3N8O5. The minimum absolute atomic E-state index is 0.0778. The highest BCUT2D eigenvalue weighted by atomic mass is 19.4. The molecule has 7 rings (SSSR count). The molecular weight excluding hydrogens is 633 g/mol. The van der Waals surface area contributed by atoms with Crippen molar-refractivity contribution >= 4 is 28.9 Å². The van der Waals surface area contributed by atoms with Gasteiger partial charge in [-0.3, -0.25) is 14.4 Å². The molecule has 1 spiro atoms. The molecule has 48 heavy (non-hydrogen) atoms. The number of carbonyl (C=O) groups is 2. The Hall–Kier alpha value is -5.12. The minimum atomic E-state index is -4.51. The smallest absolute Gasteiger partial charge is 0.416 e. The van der Waals surface area contributed by atoms with Gasteiger partial charge in [0.1, 0.15) is 12.9 Å². The van der Waals surface area contributed by atoms with Gasteiger partial charge in [0, 0.05) is 35.4 Å². The molecule has 2 N–H and O–H groups in total. The topological polar surface area (TPSA) is 157 Å². The number of alkyl halides is 3. The van der Waals surface area contributed by atoms with Crippen LogP contribution in [0, 0.1) is 6.92 Å². The summed E-state index contributed by atoms with van der Waals surface area (Å²) in [4.78, 5) is 55.1. The number of aryl methyl sites for hydroxylation is 1. The van der Waals surface area contributed by atoms with Crippen LogP contribution in [0.4, 0.5) is 18.9 Å². The number of nitrogens with zero attached hydrogens (tertiary/aromatic N) is 7. The molecule has 5 heterocycles. The van der Waals surface area contributed by atoms with Crippen LogP contribution >= 0.6 is 0 Å². The third-order valence-electron chi connectivity index (χ3n) is 9.49. The average molecular weight is 665 g/mol. The molecule has 1 saturated heterocycles. The van der Waals surface area contributed by atoms with Gasteiger partial charge in [-0.1, -0.05) is 6.08 Å². The molecule has 2 aliphatic heterocycles. The molecule has 16 heteroatoms. The third-order valence-corrected chi connectivity index (χ3v) is 9.49. The Morgan fingerprint density at radius 1 is 1.08 bits per heavy atom. The summed E-state index contributed by atoms with van der Waals surface area (Å²) in [6.07, 6.45) is 1.10. The van der Waals surface area contributed by atoms with Crippen molar-refractivity contribution in [3.05, 3.63) is 81.1 Å². The van der Waals surface area contributed by atoms with Gasteiger partial charge in [-0.05, 0) is 68.9 Å². The summed E-state index contributed by atoms with van der Waals surface area (Å²) in [6, 6.07) is 4.16. The number of piperidine rings is 1. The van der Waals surface area contributed by atoms with Gasteiger partial charge in [0.05, 0.1) is 24.5 Å². The van der Waals surface area contributed by atoms with Crippen molar-refractivity contribution in [2.75, 3.05) is 31.6 Å². The zero-order valence-electron chi connectivity index (χ0n) is 25.9. The summed E-state index contributed by atoms with van der Waals surface area (Å²) in [5.41, 5.74) is 0.601. The number of hydrogen-bond acceptors (Lipinski definition) is 9. The maximum absolute atomic E-state index is 14.2. The van der Waals surface area contributed by atoms with Crippen LogP contribution in [-0.4, -0.2) is 77.3 Å². The first-order chi connectivity index (χ1) is 22.9. The molecule has 3 aromatic heterocycles.